The van der Waals surface area contributed by atoms with E-state index >= 15 is 0 Å². The van der Waals surface area contributed by atoms with Crippen molar-refractivity contribution >= 4 is 17.5 Å². The van der Waals surface area contributed by atoms with Gasteiger partial charge in [0.15, 0.2) is 12.0 Å². The first-order valence-corrected chi connectivity index (χ1v) is 4.23. The van der Waals surface area contributed by atoms with Gasteiger partial charge in [-0.05, 0) is 0 Å². The lowest BCUT2D eigenvalue weighted by atomic mass is 10.4. The van der Waals surface area contributed by atoms with Gasteiger partial charge in [0.25, 0.3) is 0 Å². The van der Waals surface area contributed by atoms with Gasteiger partial charge in [-0.3, -0.25) is 0 Å². The van der Waals surface area contributed by atoms with Gasteiger partial charge in [0, 0.05) is 13.1 Å². The molecule has 5 heteroatoms. The first-order valence-electron chi connectivity index (χ1n) is 3.50. The van der Waals surface area contributed by atoms with Gasteiger partial charge in [-0.25, -0.2) is 0 Å². The Labute approximate surface area is 69.1 Å². The third-order valence-corrected chi connectivity index (χ3v) is 2.05. The molecule has 59 valence electrons. The molecule has 1 saturated heterocycles. The van der Waals surface area contributed by atoms with Gasteiger partial charge in [-0.15, -0.1) is 0 Å². The predicted octanol–water partition coefficient (Wildman–Crippen LogP) is 0.175. The van der Waals surface area contributed by atoms with E-state index < -0.39 is 0 Å². The molecule has 1 aliphatic heterocycles. The maximum atomic E-state index is 5.20. The van der Waals surface area contributed by atoms with E-state index in [9.17, 15) is 0 Å². The predicted molar refractivity (Wildman–Crippen MR) is 41.8 cm³/mol. The van der Waals surface area contributed by atoms with E-state index in [1.54, 1.807) is 0 Å². The third kappa shape index (κ3) is 1.49. The summed E-state index contributed by atoms with van der Waals surface area (Å²) in [6.45, 7) is 3.38. The van der Waals surface area contributed by atoms with Crippen molar-refractivity contribution < 1.29 is 4.74 Å². The molecule has 1 aromatic heterocycles. The Bertz CT molecular complexity index is 208. The highest BCUT2D eigenvalue weighted by Crippen LogP contribution is 2.10. The maximum absolute atomic E-state index is 5.20. The first-order chi connectivity index (χ1) is 5.47. The van der Waals surface area contributed by atoms with Crippen LogP contribution >= 0.6 is 11.7 Å². The van der Waals surface area contributed by atoms with E-state index in [-0.39, 0.29) is 0 Å². The molecule has 4 nitrogen and oxygen atoms in total. The third-order valence-electron chi connectivity index (χ3n) is 1.62. The number of morpholine rings is 1. The van der Waals surface area contributed by atoms with Crippen molar-refractivity contribution in [1.82, 2.24) is 8.75 Å². The molecule has 0 aromatic carbocycles. The summed E-state index contributed by atoms with van der Waals surface area (Å²) in [4.78, 5) is 2.13. The molecule has 0 bridgehead atoms. The molecule has 1 radical (unpaired) electrons. The van der Waals surface area contributed by atoms with E-state index in [2.05, 4.69) is 19.8 Å². The first kappa shape index (κ1) is 7.00. The lowest BCUT2D eigenvalue weighted by Crippen LogP contribution is -2.36. The topological polar surface area (TPSA) is 38.2 Å². The van der Waals surface area contributed by atoms with E-state index in [0.717, 1.165) is 32.1 Å². The van der Waals surface area contributed by atoms with E-state index in [4.69, 9.17) is 4.74 Å². The second-order valence-electron chi connectivity index (χ2n) is 2.30. The molecule has 0 spiro atoms. The van der Waals surface area contributed by atoms with E-state index in [1.165, 1.54) is 11.7 Å². The Morgan fingerprint density at radius 3 is 2.91 bits per heavy atom. The molecule has 1 aliphatic rings. The van der Waals surface area contributed by atoms with Crippen molar-refractivity contribution in [2.45, 2.75) is 0 Å². The van der Waals surface area contributed by atoms with Gasteiger partial charge in [0.1, 0.15) is 0 Å². The number of hydrogen-bond acceptors (Lipinski definition) is 5. The largest absolute Gasteiger partial charge is 0.378 e. The number of anilines is 1. The van der Waals surface area contributed by atoms with Gasteiger partial charge >= 0.3 is 0 Å². The number of rotatable bonds is 1. The van der Waals surface area contributed by atoms with Crippen molar-refractivity contribution in [3.8, 4) is 0 Å². The molecule has 11 heavy (non-hydrogen) atoms. The highest BCUT2D eigenvalue weighted by molar-refractivity contribution is 6.99. The summed E-state index contributed by atoms with van der Waals surface area (Å²) in [6.07, 6.45) is 2.83. The lowest BCUT2D eigenvalue weighted by Gasteiger charge is -2.25. The van der Waals surface area contributed by atoms with E-state index in [0.29, 0.717) is 0 Å². The Kier molecular flexibility index (Phi) is 2.00. The van der Waals surface area contributed by atoms with Crippen LogP contribution in [0.4, 0.5) is 5.82 Å². The molecule has 0 amide bonds. The van der Waals surface area contributed by atoms with Crippen LogP contribution in [0.15, 0.2) is 0 Å². The molecule has 0 unspecified atom stereocenters. The molecule has 0 aliphatic carbocycles. The number of ether oxygens (including phenoxy) is 1. The molecule has 1 fully saturated rings. The molecular formula is C6H8N3OS. The molecule has 0 atom stereocenters. The van der Waals surface area contributed by atoms with Gasteiger partial charge in [0.05, 0.1) is 24.9 Å². The second kappa shape index (κ2) is 3.15. The summed E-state index contributed by atoms with van der Waals surface area (Å²) >= 11 is 1.20. The monoisotopic (exact) mass is 170 g/mol. The fourth-order valence-electron chi connectivity index (χ4n) is 1.04. The molecule has 0 N–H and O–H groups in total. The van der Waals surface area contributed by atoms with Crippen molar-refractivity contribution in [2.75, 3.05) is 31.2 Å². The highest BCUT2D eigenvalue weighted by atomic mass is 32.1. The zero-order chi connectivity index (χ0) is 7.52. The zero-order valence-electron chi connectivity index (χ0n) is 5.99. The molecular weight excluding hydrogens is 162 g/mol. The Hall–Kier alpha value is -0.680. The lowest BCUT2D eigenvalue weighted by molar-refractivity contribution is 0.122. The SMILES string of the molecule is [c]1nsnc1N1CCOCC1. The number of nitrogens with zero attached hydrogens (tertiary/aromatic N) is 3. The average molecular weight is 170 g/mol. The number of aromatic nitrogens is 2. The van der Waals surface area contributed by atoms with Crippen LogP contribution in [0.1, 0.15) is 0 Å². The summed E-state index contributed by atoms with van der Waals surface area (Å²) in [7, 11) is 0. The van der Waals surface area contributed by atoms with E-state index in [1.807, 2.05) is 0 Å². The quantitative estimate of drug-likeness (QED) is 0.602. The van der Waals surface area contributed by atoms with Gasteiger partial charge in [-0.2, -0.15) is 8.75 Å². The average Bonchev–Trinajstić information content (AvgIpc) is 2.58. The Morgan fingerprint density at radius 2 is 2.27 bits per heavy atom. The van der Waals surface area contributed by atoms with Crippen LogP contribution < -0.4 is 4.90 Å². The molecule has 2 rings (SSSR count). The second-order valence-corrected chi connectivity index (χ2v) is 2.83. The van der Waals surface area contributed by atoms with Crippen LogP contribution in [0.3, 0.4) is 0 Å². The molecule has 2 heterocycles. The van der Waals surface area contributed by atoms with Crippen LogP contribution in [0, 0.1) is 6.20 Å². The maximum Gasteiger partial charge on any atom is 0.172 e. The minimum Gasteiger partial charge on any atom is -0.378 e. The standard InChI is InChI=1S/C6H8N3OS/c1-3-10-4-2-9(1)6-5-7-11-8-6/h1-4H2. The van der Waals surface area contributed by atoms with Crippen molar-refractivity contribution in [1.29, 1.82) is 0 Å². The minimum absolute atomic E-state index is 0.783. The summed E-state index contributed by atoms with van der Waals surface area (Å²) in [5.41, 5.74) is 0. The van der Waals surface area contributed by atoms with Crippen molar-refractivity contribution in [3.63, 3.8) is 0 Å². The van der Waals surface area contributed by atoms with Gasteiger partial charge in [0.2, 0.25) is 0 Å². The van der Waals surface area contributed by atoms with Crippen LogP contribution in [-0.4, -0.2) is 35.1 Å². The summed E-state index contributed by atoms with van der Waals surface area (Å²) in [5.74, 6) is 0.860. The smallest absolute Gasteiger partial charge is 0.172 e. The van der Waals surface area contributed by atoms with Crippen LogP contribution in [0.25, 0.3) is 0 Å². The van der Waals surface area contributed by atoms with Gasteiger partial charge < -0.3 is 9.64 Å². The molecule has 1 aromatic rings. The Balaban J connectivity index is 2.04. The molecule has 0 saturated carbocycles. The summed E-state index contributed by atoms with van der Waals surface area (Å²) in [5, 5.41) is 0. The van der Waals surface area contributed by atoms with Crippen molar-refractivity contribution in [3.05, 3.63) is 6.20 Å². The van der Waals surface area contributed by atoms with Gasteiger partial charge in [-0.1, -0.05) is 0 Å². The van der Waals surface area contributed by atoms with Crippen LogP contribution in [0.2, 0.25) is 0 Å². The minimum atomic E-state index is 0.783. The zero-order valence-corrected chi connectivity index (χ0v) is 6.80. The van der Waals surface area contributed by atoms with Crippen molar-refractivity contribution in [2.24, 2.45) is 0 Å². The normalized spacial score (nSPS) is 18.7. The Morgan fingerprint density at radius 1 is 1.45 bits per heavy atom. The fourth-order valence-corrected chi connectivity index (χ4v) is 1.44. The van der Waals surface area contributed by atoms with Crippen LogP contribution in [-0.2, 0) is 4.74 Å². The number of hydrogen-bond donors (Lipinski definition) is 0. The highest BCUT2D eigenvalue weighted by Gasteiger charge is 2.12. The summed E-state index contributed by atoms with van der Waals surface area (Å²) in [6, 6.07) is 0. The van der Waals surface area contributed by atoms with Crippen LogP contribution in [0.5, 0.6) is 0 Å². The fraction of sp³-hybridized carbons (Fsp3) is 0.667. The summed E-state index contributed by atoms with van der Waals surface area (Å²) < 4.78 is 13.1.